The zero-order chi connectivity index (χ0) is 15.5. The first-order valence-electron chi connectivity index (χ1n) is 8.95. The molecule has 120 valence electrons. The third-order valence-electron chi connectivity index (χ3n) is 4.10. The van der Waals surface area contributed by atoms with Crippen molar-refractivity contribution < 1.29 is 0 Å². The van der Waals surface area contributed by atoms with E-state index in [0.29, 0.717) is 6.04 Å². The van der Waals surface area contributed by atoms with E-state index in [-0.39, 0.29) is 0 Å². The van der Waals surface area contributed by atoms with Crippen LogP contribution >= 0.6 is 0 Å². The van der Waals surface area contributed by atoms with Crippen molar-refractivity contribution >= 4 is 0 Å². The Morgan fingerprint density at radius 2 is 1.48 bits per heavy atom. The number of unbranched alkanes of at least 4 members (excludes halogenated alkanes) is 5. The van der Waals surface area contributed by atoms with Crippen molar-refractivity contribution in [1.82, 2.24) is 5.32 Å². The highest BCUT2D eigenvalue weighted by molar-refractivity contribution is 5.25. The smallest absolute Gasteiger partial charge is 0.0291 e. The topological polar surface area (TPSA) is 12.0 Å². The lowest BCUT2D eigenvalue weighted by Gasteiger charge is -2.15. The van der Waals surface area contributed by atoms with Gasteiger partial charge in [0.1, 0.15) is 0 Å². The Morgan fingerprint density at radius 3 is 2.10 bits per heavy atom. The highest BCUT2D eigenvalue weighted by Gasteiger charge is 2.05. The molecule has 1 nitrogen and oxygen atoms in total. The molecule has 0 saturated heterocycles. The van der Waals surface area contributed by atoms with E-state index in [1.54, 1.807) is 0 Å². The average Bonchev–Trinajstić information content (AvgIpc) is 2.46. The second-order valence-electron chi connectivity index (χ2n) is 6.78. The van der Waals surface area contributed by atoms with E-state index in [2.05, 4.69) is 57.3 Å². The van der Waals surface area contributed by atoms with Crippen LogP contribution in [0.25, 0.3) is 0 Å². The maximum atomic E-state index is 3.65. The quantitative estimate of drug-likeness (QED) is 0.500. The molecule has 0 aromatic heterocycles. The van der Waals surface area contributed by atoms with Crippen molar-refractivity contribution in [2.45, 2.75) is 78.7 Å². The van der Waals surface area contributed by atoms with Gasteiger partial charge in [0.2, 0.25) is 0 Å². The molecule has 1 rings (SSSR count). The van der Waals surface area contributed by atoms with E-state index in [1.165, 1.54) is 56.1 Å². The molecule has 1 unspecified atom stereocenters. The lowest BCUT2D eigenvalue weighted by molar-refractivity contribution is 0.527. The molecule has 0 fully saturated rings. The number of benzene rings is 1. The molecule has 0 bridgehead atoms. The number of hydrogen-bond donors (Lipinski definition) is 1. The summed E-state index contributed by atoms with van der Waals surface area (Å²) in [4.78, 5) is 0. The fraction of sp³-hybridized carbons (Fsp3) is 0.700. The van der Waals surface area contributed by atoms with Crippen molar-refractivity contribution in [2.24, 2.45) is 5.92 Å². The minimum Gasteiger partial charge on any atom is -0.310 e. The Bertz CT molecular complexity index is 353. The van der Waals surface area contributed by atoms with E-state index in [0.717, 1.165) is 12.5 Å². The van der Waals surface area contributed by atoms with Crippen LogP contribution in [0.4, 0.5) is 0 Å². The highest BCUT2D eigenvalue weighted by atomic mass is 14.9. The molecule has 21 heavy (non-hydrogen) atoms. The molecule has 1 aromatic carbocycles. The van der Waals surface area contributed by atoms with Crippen LogP contribution in [0, 0.1) is 5.92 Å². The maximum Gasteiger partial charge on any atom is 0.0291 e. The Hall–Kier alpha value is -0.820. The van der Waals surface area contributed by atoms with Crippen molar-refractivity contribution in [3.8, 4) is 0 Å². The number of nitrogens with one attached hydrogen (secondary N) is 1. The molecule has 0 aliphatic carbocycles. The van der Waals surface area contributed by atoms with Crippen molar-refractivity contribution in [3.05, 3.63) is 35.4 Å². The summed E-state index contributed by atoms with van der Waals surface area (Å²) < 4.78 is 0. The molecular formula is C20H35N. The average molecular weight is 290 g/mol. The van der Waals surface area contributed by atoms with Crippen LogP contribution in [0.3, 0.4) is 0 Å². The SMILES string of the molecule is CCCCCCCCNC(C)c1ccc(CC(C)C)cc1. The Kier molecular flexibility index (Phi) is 9.41. The summed E-state index contributed by atoms with van der Waals surface area (Å²) in [6.07, 6.45) is 9.39. The van der Waals surface area contributed by atoms with Crippen LogP contribution in [0.5, 0.6) is 0 Å². The van der Waals surface area contributed by atoms with Gasteiger partial charge in [-0.15, -0.1) is 0 Å². The van der Waals surface area contributed by atoms with Crippen LogP contribution in [-0.4, -0.2) is 6.54 Å². The first kappa shape index (κ1) is 18.2. The minimum atomic E-state index is 0.466. The molecule has 0 heterocycles. The van der Waals surface area contributed by atoms with Gasteiger partial charge in [-0.2, -0.15) is 0 Å². The molecule has 1 aromatic rings. The van der Waals surface area contributed by atoms with Gasteiger partial charge in [0.15, 0.2) is 0 Å². The largest absolute Gasteiger partial charge is 0.310 e. The molecule has 0 saturated carbocycles. The lowest BCUT2D eigenvalue weighted by atomic mass is 10.00. The molecular weight excluding hydrogens is 254 g/mol. The summed E-state index contributed by atoms with van der Waals surface area (Å²) in [5.41, 5.74) is 2.87. The van der Waals surface area contributed by atoms with E-state index in [9.17, 15) is 0 Å². The predicted molar refractivity (Wildman–Crippen MR) is 94.8 cm³/mol. The summed E-state index contributed by atoms with van der Waals surface area (Å²) >= 11 is 0. The second-order valence-corrected chi connectivity index (χ2v) is 6.78. The van der Waals surface area contributed by atoms with Crippen molar-refractivity contribution in [2.75, 3.05) is 6.54 Å². The fourth-order valence-corrected chi connectivity index (χ4v) is 2.76. The van der Waals surface area contributed by atoms with Gasteiger partial charge in [0.25, 0.3) is 0 Å². The van der Waals surface area contributed by atoms with Gasteiger partial charge in [-0.05, 0) is 43.4 Å². The van der Waals surface area contributed by atoms with Gasteiger partial charge in [0, 0.05) is 6.04 Å². The predicted octanol–water partition coefficient (Wildman–Crippen LogP) is 5.90. The molecule has 0 amide bonds. The third kappa shape index (κ3) is 8.26. The van der Waals surface area contributed by atoms with E-state index in [4.69, 9.17) is 0 Å². The Balaban J connectivity index is 2.21. The summed E-state index contributed by atoms with van der Waals surface area (Å²) in [5, 5.41) is 3.65. The normalized spacial score (nSPS) is 12.8. The minimum absolute atomic E-state index is 0.466. The van der Waals surface area contributed by atoms with E-state index < -0.39 is 0 Å². The van der Waals surface area contributed by atoms with Crippen LogP contribution in [0.1, 0.15) is 83.4 Å². The van der Waals surface area contributed by atoms with Gasteiger partial charge >= 0.3 is 0 Å². The van der Waals surface area contributed by atoms with Gasteiger partial charge < -0.3 is 5.32 Å². The molecule has 0 spiro atoms. The third-order valence-corrected chi connectivity index (χ3v) is 4.10. The maximum absolute atomic E-state index is 3.65. The van der Waals surface area contributed by atoms with Gasteiger partial charge in [-0.1, -0.05) is 77.1 Å². The Morgan fingerprint density at radius 1 is 0.857 bits per heavy atom. The molecule has 0 aliphatic heterocycles. The van der Waals surface area contributed by atoms with Crippen molar-refractivity contribution in [3.63, 3.8) is 0 Å². The molecule has 0 aliphatic rings. The summed E-state index contributed by atoms with van der Waals surface area (Å²) in [7, 11) is 0. The first-order valence-corrected chi connectivity index (χ1v) is 8.95. The fourth-order valence-electron chi connectivity index (χ4n) is 2.76. The van der Waals surface area contributed by atoms with Crippen LogP contribution in [-0.2, 0) is 6.42 Å². The molecule has 1 atom stereocenters. The summed E-state index contributed by atoms with van der Waals surface area (Å²) in [5.74, 6) is 0.735. The monoisotopic (exact) mass is 289 g/mol. The standard InChI is InChI=1S/C20H35N/c1-5-6-7-8-9-10-15-21-18(4)20-13-11-19(12-14-20)16-17(2)3/h11-14,17-18,21H,5-10,15-16H2,1-4H3. The van der Waals surface area contributed by atoms with Crippen LogP contribution in [0.2, 0.25) is 0 Å². The molecule has 1 N–H and O–H groups in total. The first-order chi connectivity index (χ1) is 10.1. The number of hydrogen-bond acceptors (Lipinski definition) is 1. The Labute approximate surface area is 132 Å². The van der Waals surface area contributed by atoms with Gasteiger partial charge in [-0.25, -0.2) is 0 Å². The van der Waals surface area contributed by atoms with Crippen molar-refractivity contribution in [1.29, 1.82) is 0 Å². The van der Waals surface area contributed by atoms with Crippen LogP contribution in [0.15, 0.2) is 24.3 Å². The zero-order valence-corrected chi connectivity index (χ0v) is 14.6. The lowest BCUT2D eigenvalue weighted by Crippen LogP contribution is -2.19. The summed E-state index contributed by atoms with van der Waals surface area (Å²) in [6.45, 7) is 10.2. The molecule has 0 radical (unpaired) electrons. The highest BCUT2D eigenvalue weighted by Crippen LogP contribution is 2.15. The van der Waals surface area contributed by atoms with E-state index >= 15 is 0 Å². The second kappa shape index (κ2) is 10.8. The van der Waals surface area contributed by atoms with Gasteiger partial charge in [0.05, 0.1) is 0 Å². The van der Waals surface area contributed by atoms with Gasteiger partial charge in [-0.3, -0.25) is 0 Å². The molecule has 1 heteroatoms. The zero-order valence-electron chi connectivity index (χ0n) is 14.6. The van der Waals surface area contributed by atoms with E-state index in [1.807, 2.05) is 0 Å². The summed E-state index contributed by atoms with van der Waals surface area (Å²) in [6, 6.07) is 9.62. The van der Waals surface area contributed by atoms with Crippen LogP contribution < -0.4 is 5.32 Å². The number of rotatable bonds is 11.